The maximum Gasteiger partial charge on any atom is 0.137 e. The van der Waals surface area contributed by atoms with Crippen molar-refractivity contribution in [1.82, 2.24) is 9.38 Å². The molecule has 2 aromatic heterocycles. The molecule has 3 rings (SSSR count). The van der Waals surface area contributed by atoms with Gasteiger partial charge in [0, 0.05) is 27.6 Å². The van der Waals surface area contributed by atoms with Crippen molar-refractivity contribution in [3.05, 3.63) is 54.9 Å². The fourth-order valence-corrected chi connectivity index (χ4v) is 3.14. The number of hydrogen-bond acceptors (Lipinski definition) is 2. The van der Waals surface area contributed by atoms with Crippen LogP contribution in [0.2, 0.25) is 0 Å². The number of fused-ring (bicyclic) bond motifs is 1. The molecular weight excluding hydrogens is 344 g/mol. The summed E-state index contributed by atoms with van der Waals surface area (Å²) >= 11 is 1.87. The second-order valence-corrected chi connectivity index (χ2v) is 7.74. The lowest BCUT2D eigenvalue weighted by Gasteiger charge is -2.17. The standard InChI is InChI=1S/C17H18N2S.BrH/c1-17(2,3)20-14-9-10-16-18-15(12-19(16)11-14)13-7-5-4-6-8-13;/h4-12H,1-3H3;1H. The summed E-state index contributed by atoms with van der Waals surface area (Å²) in [7, 11) is 0. The highest BCUT2D eigenvalue weighted by Gasteiger charge is 2.13. The van der Waals surface area contributed by atoms with Crippen molar-refractivity contribution in [2.24, 2.45) is 0 Å². The van der Waals surface area contributed by atoms with E-state index in [9.17, 15) is 0 Å². The summed E-state index contributed by atoms with van der Waals surface area (Å²) in [6.45, 7) is 6.68. The Kier molecular flexibility index (Phi) is 4.79. The molecule has 4 heteroatoms. The molecule has 0 aliphatic carbocycles. The molecule has 2 heterocycles. The zero-order valence-corrected chi connectivity index (χ0v) is 14.9. The number of pyridine rings is 1. The topological polar surface area (TPSA) is 17.3 Å². The summed E-state index contributed by atoms with van der Waals surface area (Å²) in [5, 5.41) is 0. The molecule has 21 heavy (non-hydrogen) atoms. The second-order valence-electron chi connectivity index (χ2n) is 5.84. The Morgan fingerprint density at radius 2 is 1.67 bits per heavy atom. The molecule has 0 saturated carbocycles. The Balaban J connectivity index is 0.00000161. The minimum absolute atomic E-state index is 0. The van der Waals surface area contributed by atoms with Crippen molar-refractivity contribution in [3.8, 4) is 11.3 Å². The van der Waals surface area contributed by atoms with Crippen LogP contribution in [0.25, 0.3) is 16.9 Å². The molecule has 0 amide bonds. The predicted octanol–water partition coefficient (Wildman–Crippen LogP) is 5.47. The summed E-state index contributed by atoms with van der Waals surface area (Å²) in [6.07, 6.45) is 4.25. The Hall–Kier alpha value is -1.26. The average molecular weight is 363 g/mol. The normalized spacial score (nSPS) is 11.4. The molecule has 0 fully saturated rings. The summed E-state index contributed by atoms with van der Waals surface area (Å²) in [5.41, 5.74) is 3.16. The predicted molar refractivity (Wildman–Crippen MR) is 96.6 cm³/mol. The first-order valence-corrected chi connectivity index (χ1v) is 7.56. The Morgan fingerprint density at radius 3 is 2.33 bits per heavy atom. The van der Waals surface area contributed by atoms with Gasteiger partial charge in [0.2, 0.25) is 0 Å². The molecule has 0 aliphatic rings. The van der Waals surface area contributed by atoms with Crippen LogP contribution in [0.15, 0.2) is 59.8 Å². The summed E-state index contributed by atoms with van der Waals surface area (Å²) in [4.78, 5) is 5.94. The lowest BCUT2D eigenvalue weighted by Crippen LogP contribution is -2.06. The number of imidazole rings is 1. The van der Waals surface area contributed by atoms with Crippen LogP contribution in [0.4, 0.5) is 0 Å². The van der Waals surface area contributed by atoms with E-state index in [0.29, 0.717) is 0 Å². The van der Waals surface area contributed by atoms with Crippen molar-refractivity contribution in [2.45, 2.75) is 30.4 Å². The van der Waals surface area contributed by atoms with Gasteiger partial charge >= 0.3 is 0 Å². The van der Waals surface area contributed by atoms with E-state index in [2.05, 4.69) is 66.8 Å². The third kappa shape index (κ3) is 3.89. The molecule has 110 valence electrons. The highest BCUT2D eigenvalue weighted by atomic mass is 79.9. The average Bonchev–Trinajstić information content (AvgIpc) is 2.81. The molecule has 0 atom stereocenters. The number of hydrogen-bond donors (Lipinski definition) is 0. The molecule has 0 bridgehead atoms. The van der Waals surface area contributed by atoms with E-state index >= 15 is 0 Å². The monoisotopic (exact) mass is 362 g/mol. The van der Waals surface area contributed by atoms with Crippen molar-refractivity contribution < 1.29 is 0 Å². The first-order valence-electron chi connectivity index (χ1n) is 6.74. The molecule has 1 aromatic carbocycles. The fourth-order valence-electron chi connectivity index (χ4n) is 2.13. The molecule has 2 nitrogen and oxygen atoms in total. The molecule has 3 aromatic rings. The van der Waals surface area contributed by atoms with Gasteiger partial charge in [-0.3, -0.25) is 0 Å². The number of thioether (sulfide) groups is 1. The van der Waals surface area contributed by atoms with Crippen LogP contribution in [0, 0.1) is 0 Å². The maximum atomic E-state index is 4.67. The van der Waals surface area contributed by atoms with Gasteiger partial charge in [0.25, 0.3) is 0 Å². The number of benzene rings is 1. The van der Waals surface area contributed by atoms with Crippen LogP contribution >= 0.6 is 28.7 Å². The Morgan fingerprint density at radius 1 is 0.952 bits per heavy atom. The fraction of sp³-hybridized carbons (Fsp3) is 0.235. The van der Waals surface area contributed by atoms with Crippen LogP contribution in [-0.2, 0) is 0 Å². The van der Waals surface area contributed by atoms with E-state index < -0.39 is 0 Å². The molecule has 0 radical (unpaired) electrons. The number of rotatable bonds is 2. The molecule has 0 saturated heterocycles. The maximum absolute atomic E-state index is 4.67. The minimum Gasteiger partial charge on any atom is -0.305 e. The Bertz CT molecular complexity index is 729. The third-order valence-corrected chi connectivity index (χ3v) is 4.01. The van der Waals surface area contributed by atoms with Gasteiger partial charge in [-0.05, 0) is 12.1 Å². The molecule has 0 N–H and O–H groups in total. The minimum atomic E-state index is 0. The van der Waals surface area contributed by atoms with Crippen LogP contribution in [0.5, 0.6) is 0 Å². The van der Waals surface area contributed by atoms with Crippen LogP contribution in [0.1, 0.15) is 20.8 Å². The van der Waals surface area contributed by atoms with Gasteiger partial charge < -0.3 is 4.40 Å². The van der Waals surface area contributed by atoms with Gasteiger partial charge in [0.05, 0.1) is 5.69 Å². The zero-order valence-electron chi connectivity index (χ0n) is 12.4. The van der Waals surface area contributed by atoms with E-state index in [-0.39, 0.29) is 21.7 Å². The van der Waals surface area contributed by atoms with Crippen LogP contribution in [-0.4, -0.2) is 14.1 Å². The van der Waals surface area contributed by atoms with E-state index in [0.717, 1.165) is 16.9 Å². The van der Waals surface area contributed by atoms with E-state index in [4.69, 9.17) is 0 Å². The molecule has 0 unspecified atom stereocenters. The summed E-state index contributed by atoms with van der Waals surface area (Å²) < 4.78 is 2.33. The lowest BCUT2D eigenvalue weighted by atomic mass is 10.2. The van der Waals surface area contributed by atoms with Gasteiger partial charge in [-0.2, -0.15) is 0 Å². The largest absolute Gasteiger partial charge is 0.305 e. The second kappa shape index (κ2) is 6.24. The van der Waals surface area contributed by atoms with Gasteiger partial charge in [-0.25, -0.2) is 4.98 Å². The number of nitrogens with zero attached hydrogens (tertiary/aromatic N) is 2. The van der Waals surface area contributed by atoms with Gasteiger partial charge in [-0.1, -0.05) is 51.1 Å². The SMILES string of the molecule is Br.CC(C)(C)Sc1ccc2nc(-c3ccccc3)cn2c1. The summed E-state index contributed by atoms with van der Waals surface area (Å²) in [5.74, 6) is 0. The Labute approximate surface area is 140 Å². The highest BCUT2D eigenvalue weighted by molar-refractivity contribution is 8.93. The van der Waals surface area contributed by atoms with Crippen LogP contribution in [0.3, 0.4) is 0 Å². The third-order valence-electron chi connectivity index (χ3n) is 2.92. The molecular formula is C17H19BrN2S. The smallest absolute Gasteiger partial charge is 0.137 e. The number of aromatic nitrogens is 2. The first kappa shape index (κ1) is 16.1. The van der Waals surface area contributed by atoms with E-state index in [1.807, 2.05) is 30.0 Å². The number of halogens is 1. The van der Waals surface area contributed by atoms with E-state index in [1.165, 1.54) is 4.90 Å². The van der Waals surface area contributed by atoms with Crippen molar-refractivity contribution in [3.63, 3.8) is 0 Å². The van der Waals surface area contributed by atoms with E-state index in [1.54, 1.807) is 0 Å². The molecule has 0 aliphatic heterocycles. The van der Waals surface area contributed by atoms with Crippen molar-refractivity contribution in [1.29, 1.82) is 0 Å². The quantitative estimate of drug-likeness (QED) is 0.562. The van der Waals surface area contributed by atoms with Gasteiger partial charge in [-0.15, -0.1) is 28.7 Å². The highest BCUT2D eigenvalue weighted by Crippen LogP contribution is 2.32. The zero-order chi connectivity index (χ0) is 14.2. The first-order chi connectivity index (χ1) is 9.51. The lowest BCUT2D eigenvalue weighted by molar-refractivity contribution is 0.802. The summed E-state index contributed by atoms with van der Waals surface area (Å²) in [6, 6.07) is 14.5. The van der Waals surface area contributed by atoms with Gasteiger partial charge in [0.15, 0.2) is 0 Å². The molecule has 0 spiro atoms. The van der Waals surface area contributed by atoms with Crippen molar-refractivity contribution in [2.75, 3.05) is 0 Å². The van der Waals surface area contributed by atoms with Crippen molar-refractivity contribution >= 4 is 34.4 Å². The van der Waals surface area contributed by atoms with Gasteiger partial charge in [0.1, 0.15) is 5.65 Å². The van der Waals surface area contributed by atoms with Crippen LogP contribution < -0.4 is 0 Å².